The number of benzene rings is 1. The van der Waals surface area contributed by atoms with Crippen molar-refractivity contribution in [3.05, 3.63) is 23.8 Å². The molecule has 0 amide bonds. The highest BCUT2D eigenvalue weighted by molar-refractivity contribution is 7.99. The summed E-state index contributed by atoms with van der Waals surface area (Å²) < 4.78 is 0. The van der Waals surface area contributed by atoms with E-state index >= 15 is 0 Å². The van der Waals surface area contributed by atoms with E-state index in [0.29, 0.717) is 0 Å². The van der Waals surface area contributed by atoms with Crippen LogP contribution in [0.2, 0.25) is 0 Å². The second-order valence-electron chi connectivity index (χ2n) is 5.45. The third-order valence-electron chi connectivity index (χ3n) is 3.73. The maximum Gasteiger partial charge on any atom is 0.00830 e. The van der Waals surface area contributed by atoms with E-state index in [0.717, 1.165) is 0 Å². The van der Waals surface area contributed by atoms with Gasteiger partial charge < -0.3 is 0 Å². The van der Waals surface area contributed by atoms with Gasteiger partial charge in [0.25, 0.3) is 0 Å². The Hall–Kier alpha value is -0.0800. The monoisotopic (exact) mass is 310 g/mol. The van der Waals surface area contributed by atoms with Gasteiger partial charge in [-0.3, -0.25) is 0 Å². The highest BCUT2D eigenvalue weighted by atomic mass is 32.2. The van der Waals surface area contributed by atoms with Gasteiger partial charge in [0.2, 0.25) is 0 Å². The SMILES string of the molecule is CCCCCCCCCCc1cc(SC)cc(SC)c1. The van der Waals surface area contributed by atoms with Crippen LogP contribution in [0.4, 0.5) is 0 Å². The summed E-state index contributed by atoms with van der Waals surface area (Å²) in [5.41, 5.74) is 1.52. The van der Waals surface area contributed by atoms with Crippen molar-refractivity contribution >= 4 is 23.5 Å². The quantitative estimate of drug-likeness (QED) is 0.325. The predicted octanol–water partition coefficient (Wildman–Crippen LogP) is 6.81. The van der Waals surface area contributed by atoms with Crippen molar-refractivity contribution in [1.82, 2.24) is 0 Å². The van der Waals surface area contributed by atoms with Crippen LogP contribution < -0.4 is 0 Å². The molecule has 114 valence electrons. The predicted molar refractivity (Wildman–Crippen MR) is 96.3 cm³/mol. The van der Waals surface area contributed by atoms with Crippen LogP contribution in [0, 0.1) is 0 Å². The average Bonchev–Trinajstić information content (AvgIpc) is 2.49. The van der Waals surface area contributed by atoms with Crippen LogP contribution >= 0.6 is 23.5 Å². The molecule has 0 aliphatic rings. The minimum atomic E-state index is 1.25. The lowest BCUT2D eigenvalue weighted by Crippen LogP contribution is -1.88. The Kier molecular flexibility index (Phi) is 10.4. The summed E-state index contributed by atoms with van der Waals surface area (Å²) in [7, 11) is 0. The highest BCUT2D eigenvalue weighted by Crippen LogP contribution is 2.25. The van der Waals surface area contributed by atoms with Crippen LogP contribution in [0.15, 0.2) is 28.0 Å². The lowest BCUT2D eigenvalue weighted by molar-refractivity contribution is 0.575. The molecule has 0 radical (unpaired) electrons. The average molecular weight is 311 g/mol. The van der Waals surface area contributed by atoms with Crippen LogP contribution in [0.3, 0.4) is 0 Å². The zero-order valence-corrected chi connectivity index (χ0v) is 15.0. The van der Waals surface area contributed by atoms with E-state index in [4.69, 9.17) is 0 Å². The minimum absolute atomic E-state index is 1.25. The van der Waals surface area contributed by atoms with Gasteiger partial charge in [-0.25, -0.2) is 0 Å². The molecular weight excluding hydrogens is 280 g/mol. The van der Waals surface area contributed by atoms with Gasteiger partial charge in [-0.15, -0.1) is 23.5 Å². The first kappa shape index (κ1) is 18.0. The smallest absolute Gasteiger partial charge is 0.00830 e. The van der Waals surface area contributed by atoms with Gasteiger partial charge >= 0.3 is 0 Å². The molecule has 1 rings (SSSR count). The fourth-order valence-corrected chi connectivity index (χ4v) is 3.58. The maximum absolute atomic E-state index is 2.37. The first-order chi connectivity index (χ1) is 9.80. The zero-order valence-electron chi connectivity index (χ0n) is 13.4. The Bertz CT molecular complexity index is 338. The van der Waals surface area contributed by atoms with Crippen LogP contribution in [0.5, 0.6) is 0 Å². The Morgan fingerprint density at radius 2 is 1.20 bits per heavy atom. The Balaban J connectivity index is 2.21. The summed E-state index contributed by atoms with van der Waals surface area (Å²) in [6, 6.07) is 7.03. The summed E-state index contributed by atoms with van der Waals surface area (Å²) >= 11 is 3.71. The minimum Gasteiger partial charge on any atom is -0.130 e. The molecule has 0 bridgehead atoms. The maximum atomic E-state index is 2.37. The molecule has 0 spiro atoms. The van der Waals surface area contributed by atoms with E-state index in [1.807, 2.05) is 23.5 Å². The lowest BCUT2D eigenvalue weighted by Gasteiger charge is -2.07. The fraction of sp³-hybridized carbons (Fsp3) is 0.667. The largest absolute Gasteiger partial charge is 0.130 e. The molecular formula is C18H30S2. The molecule has 20 heavy (non-hydrogen) atoms. The summed E-state index contributed by atoms with van der Waals surface area (Å²) in [6.07, 6.45) is 16.8. The van der Waals surface area contributed by atoms with E-state index in [1.54, 1.807) is 0 Å². The Morgan fingerprint density at radius 3 is 1.70 bits per heavy atom. The second kappa shape index (κ2) is 11.6. The van der Waals surface area contributed by atoms with E-state index in [2.05, 4.69) is 37.6 Å². The summed E-state index contributed by atoms with van der Waals surface area (Å²) in [5, 5.41) is 0. The van der Waals surface area contributed by atoms with Gasteiger partial charge in [0.15, 0.2) is 0 Å². The summed E-state index contributed by atoms with van der Waals surface area (Å²) in [4.78, 5) is 2.82. The van der Waals surface area contributed by atoms with Crippen molar-refractivity contribution in [1.29, 1.82) is 0 Å². The van der Waals surface area contributed by atoms with Crippen molar-refractivity contribution in [2.45, 2.75) is 74.5 Å². The third kappa shape index (κ3) is 7.64. The third-order valence-corrected chi connectivity index (χ3v) is 5.14. The molecule has 0 aromatic heterocycles. The molecule has 1 aromatic carbocycles. The van der Waals surface area contributed by atoms with Gasteiger partial charge in [0.1, 0.15) is 0 Å². The number of rotatable bonds is 11. The number of hydrogen-bond acceptors (Lipinski definition) is 2. The van der Waals surface area contributed by atoms with E-state index < -0.39 is 0 Å². The number of unbranched alkanes of at least 4 members (excludes halogenated alkanes) is 7. The molecule has 0 heterocycles. The van der Waals surface area contributed by atoms with Gasteiger partial charge in [-0.1, -0.05) is 51.9 Å². The standard InChI is InChI=1S/C18H30S2/c1-4-5-6-7-8-9-10-11-12-16-13-17(19-2)15-18(14-16)20-3/h13-15H,4-12H2,1-3H3. The van der Waals surface area contributed by atoms with E-state index in [-0.39, 0.29) is 0 Å². The molecule has 0 saturated carbocycles. The normalized spacial score (nSPS) is 10.9. The van der Waals surface area contributed by atoms with Gasteiger partial charge in [0, 0.05) is 9.79 Å². The van der Waals surface area contributed by atoms with Crippen molar-refractivity contribution in [2.75, 3.05) is 12.5 Å². The van der Waals surface area contributed by atoms with Gasteiger partial charge in [0.05, 0.1) is 0 Å². The van der Waals surface area contributed by atoms with Crippen molar-refractivity contribution in [2.24, 2.45) is 0 Å². The van der Waals surface area contributed by atoms with E-state index in [1.165, 1.54) is 73.1 Å². The topological polar surface area (TPSA) is 0 Å². The van der Waals surface area contributed by atoms with Crippen LogP contribution in [0.25, 0.3) is 0 Å². The molecule has 2 heteroatoms. The molecule has 0 nitrogen and oxygen atoms in total. The van der Waals surface area contributed by atoms with Crippen LogP contribution in [0.1, 0.15) is 63.9 Å². The Morgan fingerprint density at radius 1 is 0.700 bits per heavy atom. The number of hydrogen-bond donors (Lipinski definition) is 0. The first-order valence-corrected chi connectivity index (χ1v) is 10.5. The highest BCUT2D eigenvalue weighted by Gasteiger charge is 2.00. The Labute approximate surface area is 134 Å². The molecule has 0 atom stereocenters. The molecule has 0 N–H and O–H groups in total. The van der Waals surface area contributed by atoms with Crippen molar-refractivity contribution in [3.8, 4) is 0 Å². The molecule has 1 aromatic rings. The first-order valence-electron chi connectivity index (χ1n) is 8.02. The molecule has 0 aliphatic heterocycles. The summed E-state index contributed by atoms with van der Waals surface area (Å²) in [6.45, 7) is 2.28. The van der Waals surface area contributed by atoms with Gasteiger partial charge in [-0.2, -0.15) is 0 Å². The second-order valence-corrected chi connectivity index (χ2v) is 7.21. The number of thioether (sulfide) groups is 2. The van der Waals surface area contributed by atoms with Crippen LogP contribution in [-0.4, -0.2) is 12.5 Å². The van der Waals surface area contributed by atoms with Crippen molar-refractivity contribution in [3.63, 3.8) is 0 Å². The molecule has 0 unspecified atom stereocenters. The van der Waals surface area contributed by atoms with Crippen LogP contribution in [-0.2, 0) is 6.42 Å². The lowest BCUT2D eigenvalue weighted by atomic mass is 10.0. The number of aryl methyl sites for hydroxylation is 1. The van der Waals surface area contributed by atoms with E-state index in [9.17, 15) is 0 Å². The fourth-order valence-electron chi connectivity index (χ4n) is 2.47. The zero-order chi connectivity index (χ0) is 14.6. The van der Waals surface area contributed by atoms with Crippen molar-refractivity contribution < 1.29 is 0 Å². The van der Waals surface area contributed by atoms with Gasteiger partial charge in [-0.05, 0) is 49.1 Å². The summed E-state index contributed by atoms with van der Waals surface area (Å²) in [5.74, 6) is 0. The molecule has 0 aliphatic carbocycles. The molecule has 0 saturated heterocycles. The molecule has 0 fully saturated rings.